The summed E-state index contributed by atoms with van der Waals surface area (Å²) in [5.41, 5.74) is 0.653. The molecule has 1 fully saturated rings. The fraction of sp³-hybridized carbons (Fsp3) is 0.562. The molecule has 0 saturated heterocycles. The zero-order chi connectivity index (χ0) is 14.4. The Morgan fingerprint density at radius 3 is 2.75 bits per heavy atom. The Kier molecular flexibility index (Phi) is 5.92. The third kappa shape index (κ3) is 4.00. The van der Waals surface area contributed by atoms with E-state index in [-0.39, 0.29) is 11.9 Å². The molecule has 0 bridgehead atoms. The summed E-state index contributed by atoms with van der Waals surface area (Å²) in [5, 5.41) is 13.6. The van der Waals surface area contributed by atoms with E-state index in [4.69, 9.17) is 0 Å². The summed E-state index contributed by atoms with van der Waals surface area (Å²) in [4.78, 5) is 12.2. The van der Waals surface area contributed by atoms with E-state index in [1.807, 2.05) is 30.0 Å². The molecule has 1 aromatic carbocycles. The number of aliphatic hydroxyl groups is 1. The lowest BCUT2D eigenvalue weighted by molar-refractivity contribution is -0.130. The van der Waals surface area contributed by atoms with Crippen LogP contribution in [-0.2, 0) is 4.79 Å². The topological polar surface area (TPSA) is 49.3 Å². The number of hydrogen-bond acceptors (Lipinski definition) is 3. The van der Waals surface area contributed by atoms with E-state index in [0.717, 1.165) is 25.0 Å². The molecule has 1 aliphatic carbocycles. The first kappa shape index (κ1) is 15.4. The van der Waals surface area contributed by atoms with Gasteiger partial charge in [-0.1, -0.05) is 50.1 Å². The van der Waals surface area contributed by atoms with Crippen molar-refractivity contribution >= 4 is 17.7 Å². The molecule has 0 heterocycles. The number of nitrogens with one attached hydrogen (secondary N) is 1. The van der Waals surface area contributed by atoms with E-state index in [9.17, 15) is 9.90 Å². The Morgan fingerprint density at radius 2 is 2.05 bits per heavy atom. The number of carbonyl (C=O) groups excluding carboxylic acids is 1. The molecule has 3 unspecified atom stereocenters. The Bertz CT molecular complexity index is 422. The Morgan fingerprint density at radius 1 is 1.35 bits per heavy atom. The highest BCUT2D eigenvalue weighted by atomic mass is 32.2. The average Bonchev–Trinajstić information content (AvgIpc) is 2.49. The summed E-state index contributed by atoms with van der Waals surface area (Å²) in [6.45, 7) is 2.15. The van der Waals surface area contributed by atoms with Crippen LogP contribution >= 0.6 is 11.8 Å². The van der Waals surface area contributed by atoms with Crippen LogP contribution < -0.4 is 5.32 Å². The van der Waals surface area contributed by atoms with Crippen LogP contribution in [0, 0.1) is 0 Å². The summed E-state index contributed by atoms with van der Waals surface area (Å²) in [5.74, 6) is 0.794. The second-order valence-corrected chi connectivity index (χ2v) is 6.72. The number of thioether (sulfide) groups is 1. The van der Waals surface area contributed by atoms with Crippen molar-refractivity contribution in [3.05, 3.63) is 35.9 Å². The van der Waals surface area contributed by atoms with Gasteiger partial charge in [0.1, 0.15) is 0 Å². The molecular weight excluding hydrogens is 270 g/mol. The van der Waals surface area contributed by atoms with Crippen LogP contribution in [0.15, 0.2) is 30.3 Å². The Labute approximate surface area is 125 Å². The van der Waals surface area contributed by atoms with Gasteiger partial charge in [0, 0.05) is 11.3 Å². The number of benzene rings is 1. The molecular formula is C16H23NO2S. The van der Waals surface area contributed by atoms with E-state index in [2.05, 4.69) is 12.2 Å². The van der Waals surface area contributed by atoms with Gasteiger partial charge >= 0.3 is 0 Å². The standard InChI is InChI=1S/C16H23NO2S/c1-2-20-14-11-7-6-10-13(14)17-16(19)15(18)12-8-4-3-5-9-12/h3-5,8-9,13-15,18H,2,6-7,10-11H2,1H3,(H,17,19). The summed E-state index contributed by atoms with van der Waals surface area (Å²) < 4.78 is 0. The largest absolute Gasteiger partial charge is 0.378 e. The van der Waals surface area contributed by atoms with Crippen LogP contribution in [0.5, 0.6) is 0 Å². The normalized spacial score (nSPS) is 24.1. The number of aliphatic hydroxyl groups excluding tert-OH is 1. The number of carbonyl (C=O) groups is 1. The number of rotatable bonds is 5. The molecule has 0 spiro atoms. The van der Waals surface area contributed by atoms with E-state index in [1.54, 1.807) is 12.1 Å². The van der Waals surface area contributed by atoms with Crippen molar-refractivity contribution in [2.45, 2.75) is 50.0 Å². The highest BCUT2D eigenvalue weighted by Gasteiger charge is 2.28. The number of amides is 1. The second kappa shape index (κ2) is 7.70. The van der Waals surface area contributed by atoms with Crippen LogP contribution in [-0.4, -0.2) is 28.1 Å². The minimum Gasteiger partial charge on any atom is -0.378 e. The molecule has 1 saturated carbocycles. The van der Waals surface area contributed by atoms with E-state index in [1.165, 1.54) is 6.42 Å². The van der Waals surface area contributed by atoms with Crippen LogP contribution in [0.2, 0.25) is 0 Å². The van der Waals surface area contributed by atoms with Gasteiger partial charge in [0.2, 0.25) is 0 Å². The molecule has 3 nitrogen and oxygen atoms in total. The molecule has 1 aliphatic rings. The van der Waals surface area contributed by atoms with Gasteiger partial charge in [-0.05, 0) is 24.2 Å². The molecule has 0 radical (unpaired) electrons. The van der Waals surface area contributed by atoms with Gasteiger partial charge < -0.3 is 10.4 Å². The van der Waals surface area contributed by atoms with Crippen molar-refractivity contribution in [2.75, 3.05) is 5.75 Å². The van der Waals surface area contributed by atoms with Crippen LogP contribution in [0.1, 0.15) is 44.3 Å². The van der Waals surface area contributed by atoms with Gasteiger partial charge in [-0.15, -0.1) is 0 Å². The SMILES string of the molecule is CCSC1CCCCC1NC(=O)C(O)c1ccccc1. The van der Waals surface area contributed by atoms with Crippen molar-refractivity contribution in [3.63, 3.8) is 0 Å². The summed E-state index contributed by atoms with van der Waals surface area (Å²) in [6, 6.07) is 9.31. The van der Waals surface area contributed by atoms with Crippen molar-refractivity contribution < 1.29 is 9.90 Å². The minimum atomic E-state index is -1.06. The highest BCUT2D eigenvalue weighted by Crippen LogP contribution is 2.29. The van der Waals surface area contributed by atoms with Crippen LogP contribution in [0.3, 0.4) is 0 Å². The van der Waals surface area contributed by atoms with Gasteiger partial charge in [-0.25, -0.2) is 0 Å². The maximum absolute atomic E-state index is 12.2. The molecule has 110 valence electrons. The lowest BCUT2D eigenvalue weighted by atomic mass is 9.94. The fourth-order valence-corrected chi connectivity index (χ4v) is 3.92. The lowest BCUT2D eigenvalue weighted by Crippen LogP contribution is -2.45. The van der Waals surface area contributed by atoms with Crippen molar-refractivity contribution in [1.82, 2.24) is 5.32 Å². The molecule has 3 atom stereocenters. The van der Waals surface area contributed by atoms with Gasteiger partial charge in [0.15, 0.2) is 6.10 Å². The monoisotopic (exact) mass is 293 g/mol. The molecule has 2 rings (SSSR count). The first-order valence-corrected chi connectivity index (χ1v) is 8.42. The molecule has 4 heteroatoms. The first-order chi connectivity index (χ1) is 9.72. The maximum atomic E-state index is 12.2. The highest BCUT2D eigenvalue weighted by molar-refractivity contribution is 7.99. The molecule has 1 amide bonds. The quantitative estimate of drug-likeness (QED) is 0.877. The first-order valence-electron chi connectivity index (χ1n) is 7.37. The van der Waals surface area contributed by atoms with E-state index in [0.29, 0.717) is 10.8 Å². The van der Waals surface area contributed by atoms with E-state index >= 15 is 0 Å². The minimum absolute atomic E-state index is 0.194. The predicted molar refractivity (Wildman–Crippen MR) is 83.7 cm³/mol. The average molecular weight is 293 g/mol. The van der Waals surface area contributed by atoms with E-state index < -0.39 is 6.10 Å². The molecule has 1 aromatic rings. The molecule has 0 aliphatic heterocycles. The number of hydrogen-bond donors (Lipinski definition) is 2. The zero-order valence-corrected chi connectivity index (χ0v) is 12.7. The summed E-state index contributed by atoms with van der Waals surface area (Å²) in [7, 11) is 0. The third-order valence-corrected chi connectivity index (χ3v) is 5.10. The van der Waals surface area contributed by atoms with Crippen LogP contribution in [0.4, 0.5) is 0 Å². The fourth-order valence-electron chi connectivity index (χ4n) is 2.72. The van der Waals surface area contributed by atoms with Gasteiger partial charge in [0.25, 0.3) is 5.91 Å². The Balaban J connectivity index is 1.95. The van der Waals surface area contributed by atoms with Crippen molar-refractivity contribution in [1.29, 1.82) is 0 Å². The van der Waals surface area contributed by atoms with Crippen molar-refractivity contribution in [2.24, 2.45) is 0 Å². The van der Waals surface area contributed by atoms with Gasteiger partial charge in [0.05, 0.1) is 0 Å². The van der Waals surface area contributed by atoms with Gasteiger partial charge in [-0.3, -0.25) is 4.79 Å². The second-order valence-electron chi connectivity index (χ2n) is 5.21. The maximum Gasteiger partial charge on any atom is 0.253 e. The van der Waals surface area contributed by atoms with Crippen LogP contribution in [0.25, 0.3) is 0 Å². The third-order valence-electron chi connectivity index (χ3n) is 3.77. The lowest BCUT2D eigenvalue weighted by Gasteiger charge is -2.32. The summed E-state index contributed by atoms with van der Waals surface area (Å²) in [6.07, 6.45) is 3.51. The molecule has 0 aromatic heterocycles. The smallest absolute Gasteiger partial charge is 0.253 e. The van der Waals surface area contributed by atoms with Crippen molar-refractivity contribution in [3.8, 4) is 0 Å². The van der Waals surface area contributed by atoms with Gasteiger partial charge in [-0.2, -0.15) is 11.8 Å². The summed E-state index contributed by atoms with van der Waals surface area (Å²) >= 11 is 1.91. The predicted octanol–water partition coefficient (Wildman–Crippen LogP) is 2.90. The zero-order valence-electron chi connectivity index (χ0n) is 11.9. The molecule has 2 N–H and O–H groups in total. The Hall–Kier alpha value is -1.00. The molecule has 20 heavy (non-hydrogen) atoms.